The highest BCUT2D eigenvalue weighted by atomic mass is 32.2. The van der Waals surface area contributed by atoms with Gasteiger partial charge in [-0.25, -0.2) is 9.97 Å². The Bertz CT molecular complexity index is 665. The maximum absolute atomic E-state index is 10.8. The quantitative estimate of drug-likeness (QED) is 0.404. The minimum atomic E-state index is -0.465. The highest BCUT2D eigenvalue weighted by Crippen LogP contribution is 2.30. The predicted octanol–water partition coefficient (Wildman–Crippen LogP) is 3.04. The molecule has 0 aliphatic carbocycles. The lowest BCUT2D eigenvalue weighted by molar-refractivity contribution is -0.385. The van der Waals surface area contributed by atoms with Crippen molar-refractivity contribution in [1.29, 1.82) is 0 Å². The van der Waals surface area contributed by atoms with Crippen molar-refractivity contribution < 1.29 is 4.92 Å². The number of benzene rings is 1. The largest absolute Gasteiger partial charge is 0.398 e. The highest BCUT2D eigenvalue weighted by Gasteiger charge is 2.11. The number of rotatable bonds is 3. The minimum Gasteiger partial charge on any atom is -0.398 e. The van der Waals surface area contributed by atoms with Gasteiger partial charge in [0.2, 0.25) is 0 Å². The zero-order valence-corrected chi connectivity index (χ0v) is 12.2. The zero-order valence-electron chi connectivity index (χ0n) is 11.4. The van der Waals surface area contributed by atoms with Gasteiger partial charge in [-0.2, -0.15) is 0 Å². The summed E-state index contributed by atoms with van der Waals surface area (Å²) >= 11 is 1.26. The molecule has 1 aromatic carbocycles. The van der Waals surface area contributed by atoms with Crippen LogP contribution in [0.15, 0.2) is 28.3 Å². The zero-order chi connectivity index (χ0) is 14.9. The van der Waals surface area contributed by atoms with Gasteiger partial charge < -0.3 is 5.73 Å². The van der Waals surface area contributed by atoms with Crippen molar-refractivity contribution in [2.24, 2.45) is 0 Å². The SMILES string of the molecule is Cc1nc(Sc2cc(N)cc([N+](=O)[O-])c2)nc(C)c1C. The van der Waals surface area contributed by atoms with E-state index in [1.807, 2.05) is 20.8 Å². The van der Waals surface area contributed by atoms with Crippen molar-refractivity contribution in [3.05, 3.63) is 45.3 Å². The van der Waals surface area contributed by atoms with Crippen molar-refractivity contribution in [3.63, 3.8) is 0 Å². The lowest BCUT2D eigenvalue weighted by Crippen LogP contribution is -1.98. The third-order valence-electron chi connectivity index (χ3n) is 2.95. The number of nitrogen functional groups attached to an aromatic ring is 1. The second-order valence-corrected chi connectivity index (χ2v) is 5.46. The summed E-state index contributed by atoms with van der Waals surface area (Å²) in [4.78, 5) is 19.8. The molecule has 1 heterocycles. The molecule has 0 radical (unpaired) electrons. The van der Waals surface area contributed by atoms with Crippen LogP contribution in [0.25, 0.3) is 0 Å². The number of hydrogen-bond acceptors (Lipinski definition) is 6. The number of aryl methyl sites for hydroxylation is 2. The lowest BCUT2D eigenvalue weighted by atomic mass is 10.2. The van der Waals surface area contributed by atoms with Crippen LogP contribution < -0.4 is 5.73 Å². The van der Waals surface area contributed by atoms with E-state index in [1.165, 1.54) is 23.9 Å². The van der Waals surface area contributed by atoms with Gasteiger partial charge in [-0.05, 0) is 44.2 Å². The number of nitro groups is 1. The number of non-ortho nitro benzene ring substituents is 1. The van der Waals surface area contributed by atoms with Crippen LogP contribution in [-0.4, -0.2) is 14.9 Å². The molecular formula is C13H14N4O2S. The van der Waals surface area contributed by atoms with E-state index < -0.39 is 4.92 Å². The number of hydrogen-bond donors (Lipinski definition) is 1. The molecule has 0 bridgehead atoms. The summed E-state index contributed by atoms with van der Waals surface area (Å²) in [6, 6.07) is 4.47. The highest BCUT2D eigenvalue weighted by molar-refractivity contribution is 7.99. The third kappa shape index (κ3) is 3.05. The first-order valence-electron chi connectivity index (χ1n) is 5.91. The van der Waals surface area contributed by atoms with Crippen LogP contribution in [0, 0.1) is 30.9 Å². The molecule has 104 valence electrons. The predicted molar refractivity (Wildman–Crippen MR) is 77.9 cm³/mol. The van der Waals surface area contributed by atoms with Crippen molar-refractivity contribution >= 4 is 23.1 Å². The smallest absolute Gasteiger partial charge is 0.272 e. The average Bonchev–Trinajstić information content (AvgIpc) is 2.35. The van der Waals surface area contributed by atoms with Crippen LogP contribution in [0.1, 0.15) is 17.0 Å². The molecule has 20 heavy (non-hydrogen) atoms. The van der Waals surface area contributed by atoms with Crippen molar-refractivity contribution in [3.8, 4) is 0 Å². The third-order valence-corrected chi connectivity index (χ3v) is 3.78. The molecule has 0 fully saturated rings. The maximum atomic E-state index is 10.8. The van der Waals surface area contributed by atoms with Crippen molar-refractivity contribution in [2.45, 2.75) is 30.8 Å². The molecule has 7 heteroatoms. The van der Waals surface area contributed by atoms with E-state index in [4.69, 9.17) is 5.73 Å². The van der Waals surface area contributed by atoms with E-state index in [0.717, 1.165) is 17.0 Å². The summed E-state index contributed by atoms with van der Waals surface area (Å²) in [5, 5.41) is 11.4. The van der Waals surface area contributed by atoms with Gasteiger partial charge in [0.05, 0.1) is 4.92 Å². The standard InChI is InChI=1S/C13H14N4O2S/c1-7-8(2)15-13(16-9(7)3)20-12-5-10(14)4-11(6-12)17(18)19/h4-6H,14H2,1-3H3. The fourth-order valence-electron chi connectivity index (χ4n) is 1.66. The summed E-state index contributed by atoms with van der Waals surface area (Å²) in [6.45, 7) is 5.79. The monoisotopic (exact) mass is 290 g/mol. The van der Waals surface area contributed by atoms with Crippen LogP contribution >= 0.6 is 11.8 Å². The van der Waals surface area contributed by atoms with E-state index >= 15 is 0 Å². The average molecular weight is 290 g/mol. The molecule has 0 amide bonds. The molecule has 0 saturated carbocycles. The Balaban J connectivity index is 2.37. The molecule has 2 N–H and O–H groups in total. The van der Waals surface area contributed by atoms with Gasteiger partial charge in [0.1, 0.15) is 0 Å². The van der Waals surface area contributed by atoms with Gasteiger partial charge in [0, 0.05) is 34.1 Å². The van der Waals surface area contributed by atoms with Crippen LogP contribution in [0.5, 0.6) is 0 Å². The number of anilines is 1. The summed E-state index contributed by atoms with van der Waals surface area (Å²) in [5.41, 5.74) is 8.84. The number of nitrogens with zero attached hydrogens (tertiary/aromatic N) is 3. The van der Waals surface area contributed by atoms with Gasteiger partial charge in [-0.1, -0.05) is 0 Å². The fourth-order valence-corrected chi connectivity index (χ4v) is 2.61. The Morgan fingerprint density at radius 2 is 1.75 bits per heavy atom. The Hall–Kier alpha value is -2.15. The van der Waals surface area contributed by atoms with E-state index in [9.17, 15) is 10.1 Å². The van der Waals surface area contributed by atoms with E-state index in [-0.39, 0.29) is 5.69 Å². The topological polar surface area (TPSA) is 94.9 Å². The number of nitro benzene ring substituents is 1. The molecule has 2 aromatic rings. The second-order valence-electron chi connectivity index (χ2n) is 4.42. The molecule has 0 unspecified atom stereocenters. The normalized spacial score (nSPS) is 10.6. The van der Waals surface area contributed by atoms with Gasteiger partial charge in [-0.3, -0.25) is 10.1 Å². The van der Waals surface area contributed by atoms with Gasteiger partial charge >= 0.3 is 0 Å². The molecule has 0 spiro atoms. The Kier molecular flexibility index (Phi) is 3.89. The van der Waals surface area contributed by atoms with Crippen molar-refractivity contribution in [2.75, 3.05) is 5.73 Å². The van der Waals surface area contributed by atoms with E-state index in [1.54, 1.807) is 6.07 Å². The van der Waals surface area contributed by atoms with Gasteiger partial charge in [0.25, 0.3) is 5.69 Å². The molecule has 0 aliphatic heterocycles. The van der Waals surface area contributed by atoms with Crippen LogP contribution in [0.2, 0.25) is 0 Å². The van der Waals surface area contributed by atoms with Gasteiger partial charge in [-0.15, -0.1) is 0 Å². The molecule has 6 nitrogen and oxygen atoms in total. The molecule has 0 saturated heterocycles. The van der Waals surface area contributed by atoms with E-state index in [2.05, 4.69) is 9.97 Å². The Morgan fingerprint density at radius 1 is 1.15 bits per heavy atom. The molecule has 0 atom stereocenters. The minimum absolute atomic E-state index is 0.0342. The number of nitrogens with two attached hydrogens (primary N) is 1. The summed E-state index contributed by atoms with van der Waals surface area (Å²) in [6.07, 6.45) is 0. The van der Waals surface area contributed by atoms with Gasteiger partial charge in [0.15, 0.2) is 5.16 Å². The molecule has 0 aliphatic rings. The van der Waals surface area contributed by atoms with Crippen LogP contribution in [0.4, 0.5) is 11.4 Å². The molecule has 2 rings (SSSR count). The summed E-state index contributed by atoms with van der Waals surface area (Å²) in [5.74, 6) is 0. The first-order valence-corrected chi connectivity index (χ1v) is 6.73. The van der Waals surface area contributed by atoms with Crippen molar-refractivity contribution in [1.82, 2.24) is 9.97 Å². The first kappa shape index (κ1) is 14.3. The first-order chi connectivity index (χ1) is 9.36. The molecule has 1 aromatic heterocycles. The van der Waals surface area contributed by atoms with Crippen LogP contribution in [0.3, 0.4) is 0 Å². The summed E-state index contributed by atoms with van der Waals surface area (Å²) < 4.78 is 0. The van der Waals surface area contributed by atoms with E-state index in [0.29, 0.717) is 15.7 Å². The lowest BCUT2D eigenvalue weighted by Gasteiger charge is -2.07. The molecular weight excluding hydrogens is 276 g/mol. The summed E-state index contributed by atoms with van der Waals surface area (Å²) in [7, 11) is 0. The number of aromatic nitrogens is 2. The Morgan fingerprint density at radius 3 is 2.30 bits per heavy atom. The maximum Gasteiger partial charge on any atom is 0.272 e. The van der Waals surface area contributed by atoms with Crippen LogP contribution in [-0.2, 0) is 0 Å². The Labute approximate surface area is 120 Å². The second kappa shape index (κ2) is 5.46. The fraction of sp³-hybridized carbons (Fsp3) is 0.231.